The van der Waals surface area contributed by atoms with Gasteiger partial charge in [-0.05, 0) is 36.9 Å². The molecule has 0 aliphatic heterocycles. The van der Waals surface area contributed by atoms with Crippen LogP contribution in [0.1, 0.15) is 24.8 Å². The lowest BCUT2D eigenvalue weighted by Gasteiger charge is -2.18. The Morgan fingerprint density at radius 3 is 3.13 bits per heavy atom. The third-order valence-corrected chi connectivity index (χ3v) is 3.08. The molecule has 2 N–H and O–H groups in total. The summed E-state index contributed by atoms with van der Waals surface area (Å²) in [7, 11) is 0. The van der Waals surface area contributed by atoms with Gasteiger partial charge in [0.25, 0.3) is 0 Å². The molecule has 1 aromatic rings. The normalized spacial score (nSPS) is 25.7. The first kappa shape index (κ1) is 10.6. The number of aromatic nitrogens is 1. The Labute approximate surface area is 90.7 Å². The molecule has 0 radical (unpaired) electrons. The van der Waals surface area contributed by atoms with E-state index in [1.54, 1.807) is 6.20 Å². The fraction of sp³-hybridized carbons (Fsp3) is 0.583. The molecule has 0 aromatic carbocycles. The third kappa shape index (κ3) is 2.76. The average molecular weight is 206 g/mol. The van der Waals surface area contributed by atoms with Gasteiger partial charge in [0.15, 0.2) is 0 Å². The SMILES string of the molecule is NCC1CCCC1OCc1cccnc1. The largest absolute Gasteiger partial charge is 0.373 e. The minimum Gasteiger partial charge on any atom is -0.373 e. The molecule has 0 bridgehead atoms. The van der Waals surface area contributed by atoms with Crippen LogP contribution in [-0.2, 0) is 11.3 Å². The predicted molar refractivity (Wildman–Crippen MR) is 59.2 cm³/mol. The van der Waals surface area contributed by atoms with Gasteiger partial charge < -0.3 is 10.5 Å². The van der Waals surface area contributed by atoms with Crippen molar-refractivity contribution in [2.24, 2.45) is 11.7 Å². The van der Waals surface area contributed by atoms with Gasteiger partial charge >= 0.3 is 0 Å². The molecule has 3 heteroatoms. The van der Waals surface area contributed by atoms with Gasteiger partial charge in [-0.15, -0.1) is 0 Å². The highest BCUT2D eigenvalue weighted by Crippen LogP contribution is 2.27. The zero-order valence-corrected chi connectivity index (χ0v) is 8.93. The van der Waals surface area contributed by atoms with Crippen LogP contribution in [0.4, 0.5) is 0 Å². The molecular weight excluding hydrogens is 188 g/mol. The Morgan fingerprint density at radius 2 is 2.40 bits per heavy atom. The van der Waals surface area contributed by atoms with Gasteiger partial charge in [-0.25, -0.2) is 0 Å². The maximum Gasteiger partial charge on any atom is 0.0735 e. The summed E-state index contributed by atoms with van der Waals surface area (Å²) < 4.78 is 5.87. The molecule has 2 rings (SSSR count). The van der Waals surface area contributed by atoms with Crippen LogP contribution >= 0.6 is 0 Å². The van der Waals surface area contributed by atoms with Crippen molar-refractivity contribution in [1.29, 1.82) is 0 Å². The lowest BCUT2D eigenvalue weighted by atomic mass is 10.1. The topological polar surface area (TPSA) is 48.1 Å². The molecule has 2 atom stereocenters. The van der Waals surface area contributed by atoms with Gasteiger partial charge in [-0.3, -0.25) is 4.98 Å². The first-order valence-electron chi connectivity index (χ1n) is 5.60. The van der Waals surface area contributed by atoms with Crippen LogP contribution in [0.2, 0.25) is 0 Å². The van der Waals surface area contributed by atoms with Crippen LogP contribution in [0.25, 0.3) is 0 Å². The standard InChI is InChI=1S/C12H18N2O/c13-7-11-4-1-5-12(11)15-9-10-3-2-6-14-8-10/h2-3,6,8,11-12H,1,4-5,7,9,13H2. The summed E-state index contributed by atoms with van der Waals surface area (Å²) >= 11 is 0. The molecule has 1 aliphatic rings. The van der Waals surface area contributed by atoms with Gasteiger partial charge in [-0.2, -0.15) is 0 Å². The van der Waals surface area contributed by atoms with E-state index >= 15 is 0 Å². The Balaban J connectivity index is 1.83. The monoisotopic (exact) mass is 206 g/mol. The predicted octanol–water partition coefficient (Wildman–Crippen LogP) is 1.73. The highest BCUT2D eigenvalue weighted by atomic mass is 16.5. The number of pyridine rings is 1. The van der Waals surface area contributed by atoms with Crippen LogP contribution in [-0.4, -0.2) is 17.6 Å². The van der Waals surface area contributed by atoms with Crippen molar-refractivity contribution < 1.29 is 4.74 Å². The van der Waals surface area contributed by atoms with E-state index in [1.807, 2.05) is 18.3 Å². The molecular formula is C12H18N2O. The van der Waals surface area contributed by atoms with Crippen molar-refractivity contribution in [2.75, 3.05) is 6.54 Å². The highest BCUT2D eigenvalue weighted by molar-refractivity contribution is 5.06. The lowest BCUT2D eigenvalue weighted by molar-refractivity contribution is 0.0181. The minimum absolute atomic E-state index is 0.357. The van der Waals surface area contributed by atoms with Gasteiger partial charge in [0.2, 0.25) is 0 Å². The summed E-state index contributed by atoms with van der Waals surface area (Å²) in [4.78, 5) is 4.06. The Kier molecular flexibility index (Phi) is 3.69. The molecule has 0 spiro atoms. The van der Waals surface area contributed by atoms with E-state index in [-0.39, 0.29) is 0 Å². The quantitative estimate of drug-likeness (QED) is 0.816. The second-order valence-corrected chi connectivity index (χ2v) is 4.14. The average Bonchev–Trinajstić information content (AvgIpc) is 2.75. The fourth-order valence-corrected chi connectivity index (χ4v) is 2.18. The summed E-state index contributed by atoms with van der Waals surface area (Å²) in [6.07, 6.45) is 7.61. The maximum atomic E-state index is 5.87. The molecule has 0 amide bonds. The summed E-state index contributed by atoms with van der Waals surface area (Å²) in [6.45, 7) is 1.41. The molecule has 1 aromatic heterocycles. The van der Waals surface area contributed by atoms with Crippen molar-refractivity contribution in [3.63, 3.8) is 0 Å². The van der Waals surface area contributed by atoms with E-state index in [4.69, 9.17) is 10.5 Å². The maximum absolute atomic E-state index is 5.87. The summed E-state index contributed by atoms with van der Waals surface area (Å²) in [5, 5.41) is 0. The van der Waals surface area contributed by atoms with Gasteiger partial charge in [-0.1, -0.05) is 12.5 Å². The van der Waals surface area contributed by atoms with E-state index in [0.717, 1.165) is 18.5 Å². The van der Waals surface area contributed by atoms with Crippen molar-refractivity contribution in [1.82, 2.24) is 4.98 Å². The Hall–Kier alpha value is -0.930. The van der Waals surface area contributed by atoms with Crippen molar-refractivity contribution in [2.45, 2.75) is 32.0 Å². The fourth-order valence-electron chi connectivity index (χ4n) is 2.18. The molecule has 1 heterocycles. The summed E-state index contributed by atoms with van der Waals surface area (Å²) in [5.41, 5.74) is 6.84. The second-order valence-electron chi connectivity index (χ2n) is 4.14. The van der Waals surface area contributed by atoms with E-state index in [1.165, 1.54) is 12.8 Å². The van der Waals surface area contributed by atoms with Crippen molar-refractivity contribution >= 4 is 0 Å². The van der Waals surface area contributed by atoms with Crippen LogP contribution in [0.5, 0.6) is 0 Å². The number of nitrogens with zero attached hydrogens (tertiary/aromatic N) is 1. The molecule has 2 unspecified atom stereocenters. The van der Waals surface area contributed by atoms with Gasteiger partial charge in [0.05, 0.1) is 12.7 Å². The summed E-state index contributed by atoms with van der Waals surface area (Å²) in [6, 6.07) is 3.98. The number of ether oxygens (including phenoxy) is 1. The number of hydrogen-bond donors (Lipinski definition) is 1. The van der Waals surface area contributed by atoms with E-state index in [0.29, 0.717) is 18.6 Å². The number of rotatable bonds is 4. The summed E-state index contributed by atoms with van der Waals surface area (Å²) in [5.74, 6) is 0.557. The molecule has 3 nitrogen and oxygen atoms in total. The van der Waals surface area contributed by atoms with Crippen LogP contribution in [0.15, 0.2) is 24.5 Å². The first-order chi connectivity index (χ1) is 7.40. The molecule has 1 saturated carbocycles. The van der Waals surface area contributed by atoms with E-state index in [9.17, 15) is 0 Å². The zero-order chi connectivity index (χ0) is 10.5. The van der Waals surface area contributed by atoms with Crippen molar-refractivity contribution in [3.8, 4) is 0 Å². The smallest absolute Gasteiger partial charge is 0.0735 e. The Morgan fingerprint density at radius 1 is 1.47 bits per heavy atom. The highest BCUT2D eigenvalue weighted by Gasteiger charge is 2.26. The Bertz CT molecular complexity index is 289. The second kappa shape index (κ2) is 5.24. The molecule has 82 valence electrons. The number of hydrogen-bond acceptors (Lipinski definition) is 3. The first-order valence-corrected chi connectivity index (χ1v) is 5.60. The lowest BCUT2D eigenvalue weighted by Crippen LogP contribution is -2.25. The van der Waals surface area contributed by atoms with E-state index < -0.39 is 0 Å². The molecule has 0 saturated heterocycles. The van der Waals surface area contributed by atoms with Crippen LogP contribution in [0, 0.1) is 5.92 Å². The van der Waals surface area contributed by atoms with Gasteiger partial charge in [0.1, 0.15) is 0 Å². The zero-order valence-electron chi connectivity index (χ0n) is 8.93. The van der Waals surface area contributed by atoms with E-state index in [2.05, 4.69) is 4.98 Å². The van der Waals surface area contributed by atoms with Crippen LogP contribution < -0.4 is 5.73 Å². The molecule has 1 aliphatic carbocycles. The minimum atomic E-state index is 0.357. The molecule has 1 fully saturated rings. The van der Waals surface area contributed by atoms with Crippen LogP contribution in [0.3, 0.4) is 0 Å². The molecule has 15 heavy (non-hydrogen) atoms. The number of nitrogens with two attached hydrogens (primary N) is 1. The van der Waals surface area contributed by atoms with Crippen molar-refractivity contribution in [3.05, 3.63) is 30.1 Å². The van der Waals surface area contributed by atoms with Gasteiger partial charge in [0, 0.05) is 12.4 Å². The third-order valence-electron chi connectivity index (χ3n) is 3.08.